The summed E-state index contributed by atoms with van der Waals surface area (Å²) in [7, 11) is 0. The first-order chi connectivity index (χ1) is 10.1. The monoisotopic (exact) mass is 305 g/mol. The Labute approximate surface area is 125 Å². The fraction of sp³-hybridized carbons (Fsp3) is 0.133. The van der Waals surface area contributed by atoms with E-state index in [9.17, 15) is 4.39 Å². The lowest BCUT2D eigenvalue weighted by Crippen LogP contribution is -2.02. The van der Waals surface area contributed by atoms with Gasteiger partial charge >= 0.3 is 0 Å². The van der Waals surface area contributed by atoms with Crippen molar-refractivity contribution >= 4 is 28.6 Å². The minimum Gasteiger partial charge on any atom is -0.491 e. The molecular formula is C15H13ClFN3O. The van der Waals surface area contributed by atoms with Gasteiger partial charge < -0.3 is 10.5 Å². The molecule has 108 valence electrons. The van der Waals surface area contributed by atoms with Crippen LogP contribution in [0.2, 0.25) is 5.02 Å². The summed E-state index contributed by atoms with van der Waals surface area (Å²) < 4.78 is 20.8. The lowest BCUT2D eigenvalue weighted by molar-refractivity contribution is 0.321. The second-order valence-electron chi connectivity index (χ2n) is 4.46. The number of benzene rings is 2. The lowest BCUT2D eigenvalue weighted by atomic mass is 10.2. The number of rotatable bonds is 3. The number of para-hydroxylation sites is 1. The quantitative estimate of drug-likeness (QED) is 0.801. The van der Waals surface area contributed by atoms with Crippen molar-refractivity contribution in [2.24, 2.45) is 0 Å². The number of halogens is 2. The Kier molecular flexibility index (Phi) is 3.43. The van der Waals surface area contributed by atoms with Gasteiger partial charge in [-0.05, 0) is 31.2 Å². The number of nitrogens with zero attached hydrogens (tertiary/aromatic N) is 2. The van der Waals surface area contributed by atoms with Gasteiger partial charge in [0.2, 0.25) is 5.95 Å². The second kappa shape index (κ2) is 5.26. The number of imidazole rings is 1. The molecule has 0 spiro atoms. The smallest absolute Gasteiger partial charge is 0.205 e. The van der Waals surface area contributed by atoms with E-state index in [0.717, 1.165) is 0 Å². The molecule has 0 radical (unpaired) electrons. The molecule has 0 aliphatic heterocycles. The molecule has 0 amide bonds. The molecular weight excluding hydrogens is 293 g/mol. The Morgan fingerprint density at radius 2 is 2.14 bits per heavy atom. The van der Waals surface area contributed by atoms with Crippen LogP contribution in [0.3, 0.4) is 0 Å². The topological polar surface area (TPSA) is 53.1 Å². The van der Waals surface area contributed by atoms with E-state index in [2.05, 4.69) is 4.98 Å². The molecule has 0 fully saturated rings. The SMILES string of the molecule is CCOc1ccc(-n2c(N)nc3cccc(Cl)c32)cc1F. The van der Waals surface area contributed by atoms with Crippen LogP contribution in [0.1, 0.15) is 6.92 Å². The first-order valence-corrected chi connectivity index (χ1v) is 6.84. The molecule has 0 bridgehead atoms. The van der Waals surface area contributed by atoms with Crippen molar-refractivity contribution in [3.8, 4) is 11.4 Å². The van der Waals surface area contributed by atoms with Gasteiger partial charge in [0.05, 0.1) is 28.4 Å². The van der Waals surface area contributed by atoms with E-state index in [0.29, 0.717) is 28.4 Å². The summed E-state index contributed by atoms with van der Waals surface area (Å²) in [5.74, 6) is -0.000322. The summed E-state index contributed by atoms with van der Waals surface area (Å²) >= 11 is 6.21. The highest BCUT2D eigenvalue weighted by molar-refractivity contribution is 6.35. The zero-order chi connectivity index (χ0) is 15.0. The number of ether oxygens (including phenoxy) is 1. The fourth-order valence-electron chi connectivity index (χ4n) is 2.27. The molecule has 0 aliphatic rings. The Bertz CT molecular complexity index is 816. The van der Waals surface area contributed by atoms with Gasteiger partial charge in [-0.3, -0.25) is 4.57 Å². The molecule has 0 saturated heterocycles. The number of nitrogen functional groups attached to an aromatic ring is 1. The first-order valence-electron chi connectivity index (χ1n) is 6.47. The van der Waals surface area contributed by atoms with Gasteiger partial charge in [0, 0.05) is 6.07 Å². The Balaban J connectivity index is 2.21. The third-order valence-corrected chi connectivity index (χ3v) is 3.43. The van der Waals surface area contributed by atoms with Crippen LogP contribution in [-0.4, -0.2) is 16.2 Å². The number of fused-ring (bicyclic) bond motifs is 1. The fourth-order valence-corrected chi connectivity index (χ4v) is 2.52. The molecule has 4 nitrogen and oxygen atoms in total. The maximum absolute atomic E-state index is 14.0. The van der Waals surface area contributed by atoms with Crippen molar-refractivity contribution < 1.29 is 9.13 Å². The number of aromatic nitrogens is 2. The summed E-state index contributed by atoms with van der Waals surface area (Å²) in [4.78, 5) is 4.24. The highest BCUT2D eigenvalue weighted by Crippen LogP contribution is 2.30. The van der Waals surface area contributed by atoms with Crippen LogP contribution in [0, 0.1) is 5.82 Å². The average Bonchev–Trinajstić information content (AvgIpc) is 2.79. The predicted octanol–water partition coefficient (Wildman–Crippen LogP) is 3.80. The van der Waals surface area contributed by atoms with E-state index in [1.54, 1.807) is 41.8 Å². The number of hydrogen-bond acceptors (Lipinski definition) is 3. The molecule has 1 heterocycles. The standard InChI is InChI=1S/C15H13ClFN3O/c1-2-21-13-7-6-9(8-11(13)17)20-14-10(16)4-3-5-12(14)19-15(20)18/h3-8H,2H2,1H3,(H2,18,19). The summed E-state index contributed by atoms with van der Waals surface area (Å²) in [6, 6.07) is 9.97. The highest BCUT2D eigenvalue weighted by Gasteiger charge is 2.14. The van der Waals surface area contributed by atoms with Gasteiger partial charge in [-0.15, -0.1) is 0 Å². The van der Waals surface area contributed by atoms with Gasteiger partial charge in [0.1, 0.15) is 0 Å². The maximum atomic E-state index is 14.0. The Hall–Kier alpha value is -2.27. The molecule has 6 heteroatoms. The summed E-state index contributed by atoms with van der Waals surface area (Å²) in [5, 5.41) is 0.506. The van der Waals surface area contributed by atoms with Crippen LogP contribution >= 0.6 is 11.6 Å². The number of anilines is 1. The predicted molar refractivity (Wildman–Crippen MR) is 81.6 cm³/mol. The van der Waals surface area contributed by atoms with E-state index >= 15 is 0 Å². The van der Waals surface area contributed by atoms with Crippen molar-refractivity contribution in [3.05, 3.63) is 47.2 Å². The Morgan fingerprint density at radius 3 is 2.86 bits per heavy atom. The van der Waals surface area contributed by atoms with Gasteiger partial charge in [-0.2, -0.15) is 0 Å². The third-order valence-electron chi connectivity index (χ3n) is 3.13. The molecule has 3 aromatic rings. The molecule has 0 atom stereocenters. The molecule has 21 heavy (non-hydrogen) atoms. The lowest BCUT2D eigenvalue weighted by Gasteiger charge is -2.10. The van der Waals surface area contributed by atoms with Crippen LogP contribution in [0.4, 0.5) is 10.3 Å². The molecule has 1 aromatic heterocycles. The summed E-state index contributed by atoms with van der Waals surface area (Å²) in [6.07, 6.45) is 0. The van der Waals surface area contributed by atoms with Crippen LogP contribution in [-0.2, 0) is 0 Å². The highest BCUT2D eigenvalue weighted by atomic mass is 35.5. The largest absolute Gasteiger partial charge is 0.491 e. The van der Waals surface area contributed by atoms with E-state index in [4.69, 9.17) is 22.1 Å². The number of hydrogen-bond donors (Lipinski definition) is 1. The maximum Gasteiger partial charge on any atom is 0.205 e. The molecule has 2 N–H and O–H groups in total. The number of nitrogens with two attached hydrogens (primary N) is 1. The molecule has 0 saturated carbocycles. The van der Waals surface area contributed by atoms with Gasteiger partial charge in [0.25, 0.3) is 0 Å². The summed E-state index contributed by atoms with van der Waals surface area (Å²) in [6.45, 7) is 2.20. The van der Waals surface area contributed by atoms with E-state index in [1.165, 1.54) is 6.07 Å². The van der Waals surface area contributed by atoms with Crippen LogP contribution in [0.5, 0.6) is 5.75 Å². The Morgan fingerprint density at radius 1 is 1.33 bits per heavy atom. The zero-order valence-electron chi connectivity index (χ0n) is 11.3. The molecule has 0 aliphatic carbocycles. The van der Waals surface area contributed by atoms with Crippen molar-refractivity contribution in [3.63, 3.8) is 0 Å². The van der Waals surface area contributed by atoms with Gasteiger partial charge in [-0.25, -0.2) is 9.37 Å². The van der Waals surface area contributed by atoms with E-state index in [-0.39, 0.29) is 11.7 Å². The van der Waals surface area contributed by atoms with Crippen molar-refractivity contribution in [1.29, 1.82) is 0 Å². The summed E-state index contributed by atoms with van der Waals surface area (Å²) in [5.41, 5.74) is 7.80. The minimum atomic E-state index is -0.456. The van der Waals surface area contributed by atoms with Crippen molar-refractivity contribution in [2.75, 3.05) is 12.3 Å². The van der Waals surface area contributed by atoms with Crippen LogP contribution in [0.25, 0.3) is 16.7 Å². The van der Waals surface area contributed by atoms with E-state index in [1.807, 2.05) is 0 Å². The first kappa shape index (κ1) is 13.7. The molecule has 0 unspecified atom stereocenters. The van der Waals surface area contributed by atoms with Gasteiger partial charge in [0.15, 0.2) is 11.6 Å². The molecule has 3 rings (SSSR count). The van der Waals surface area contributed by atoms with Crippen molar-refractivity contribution in [2.45, 2.75) is 6.92 Å². The minimum absolute atomic E-state index is 0.204. The third kappa shape index (κ3) is 2.29. The zero-order valence-corrected chi connectivity index (χ0v) is 12.1. The van der Waals surface area contributed by atoms with Gasteiger partial charge in [-0.1, -0.05) is 17.7 Å². The second-order valence-corrected chi connectivity index (χ2v) is 4.87. The van der Waals surface area contributed by atoms with Crippen LogP contribution < -0.4 is 10.5 Å². The van der Waals surface area contributed by atoms with E-state index < -0.39 is 5.82 Å². The van der Waals surface area contributed by atoms with Crippen molar-refractivity contribution in [1.82, 2.24) is 9.55 Å². The molecule has 2 aromatic carbocycles. The van der Waals surface area contributed by atoms with Crippen LogP contribution in [0.15, 0.2) is 36.4 Å². The average molecular weight is 306 g/mol. The normalized spacial score (nSPS) is 11.0.